The molecule has 0 bridgehead atoms. The number of nitrogens with one attached hydrogen (secondary N) is 1. The van der Waals surface area contributed by atoms with Gasteiger partial charge in [-0.25, -0.2) is 4.39 Å². The maximum Gasteiger partial charge on any atom is 0.224 e. The minimum atomic E-state index is -0.541. The zero-order chi connectivity index (χ0) is 15.2. The van der Waals surface area contributed by atoms with E-state index in [4.69, 9.17) is 16.3 Å². The molecule has 2 rings (SSSR count). The number of benzene rings is 2. The van der Waals surface area contributed by atoms with Crippen molar-refractivity contribution >= 4 is 23.2 Å². The third-order valence-corrected chi connectivity index (χ3v) is 3.24. The standard InChI is InChI=1S/C16H15ClFNO2/c1-21-13-6-2-11(3-7-13)4-9-16(20)19-15-8-5-12(17)10-14(15)18/h2-3,5-8,10H,4,9H2,1H3,(H,19,20). The van der Waals surface area contributed by atoms with Gasteiger partial charge >= 0.3 is 0 Å². The summed E-state index contributed by atoms with van der Waals surface area (Å²) in [5, 5.41) is 2.83. The van der Waals surface area contributed by atoms with Gasteiger partial charge in [-0.2, -0.15) is 0 Å². The van der Waals surface area contributed by atoms with Crippen LogP contribution in [-0.2, 0) is 11.2 Å². The van der Waals surface area contributed by atoms with E-state index in [0.717, 1.165) is 11.3 Å². The fraction of sp³-hybridized carbons (Fsp3) is 0.188. The number of hydrogen-bond donors (Lipinski definition) is 1. The smallest absolute Gasteiger partial charge is 0.224 e. The summed E-state index contributed by atoms with van der Waals surface area (Å²) in [6.07, 6.45) is 0.847. The number of carbonyl (C=O) groups is 1. The lowest BCUT2D eigenvalue weighted by atomic mass is 10.1. The fourth-order valence-corrected chi connectivity index (χ4v) is 2.01. The average Bonchev–Trinajstić information content (AvgIpc) is 2.48. The number of anilines is 1. The molecule has 1 amide bonds. The Morgan fingerprint density at radius 1 is 1.24 bits per heavy atom. The lowest BCUT2D eigenvalue weighted by Gasteiger charge is -2.07. The summed E-state index contributed by atoms with van der Waals surface area (Å²) < 4.78 is 18.6. The summed E-state index contributed by atoms with van der Waals surface area (Å²) >= 11 is 5.66. The molecule has 0 spiro atoms. The second-order valence-corrected chi connectivity index (χ2v) is 4.96. The maximum absolute atomic E-state index is 13.5. The van der Waals surface area contributed by atoms with E-state index in [0.29, 0.717) is 11.4 Å². The van der Waals surface area contributed by atoms with Gasteiger partial charge in [-0.15, -0.1) is 0 Å². The summed E-state index contributed by atoms with van der Waals surface area (Å²) in [7, 11) is 1.60. The van der Waals surface area contributed by atoms with Crippen molar-refractivity contribution in [3.63, 3.8) is 0 Å². The monoisotopic (exact) mass is 307 g/mol. The van der Waals surface area contributed by atoms with Gasteiger partial charge in [0.2, 0.25) is 5.91 Å². The molecule has 0 unspecified atom stereocenters. The first-order chi connectivity index (χ1) is 10.1. The van der Waals surface area contributed by atoms with E-state index >= 15 is 0 Å². The Kier molecular flexibility index (Phi) is 5.17. The Labute approximate surface area is 127 Å². The molecule has 0 aromatic heterocycles. The molecule has 0 heterocycles. The lowest BCUT2D eigenvalue weighted by Crippen LogP contribution is -2.13. The van der Waals surface area contributed by atoms with E-state index in [2.05, 4.69) is 5.32 Å². The van der Waals surface area contributed by atoms with Crippen molar-refractivity contribution in [1.29, 1.82) is 0 Å². The third-order valence-electron chi connectivity index (χ3n) is 3.01. The molecule has 2 aromatic rings. The summed E-state index contributed by atoms with van der Waals surface area (Å²) in [6, 6.07) is 11.6. The topological polar surface area (TPSA) is 38.3 Å². The molecule has 0 saturated carbocycles. The quantitative estimate of drug-likeness (QED) is 0.904. The van der Waals surface area contributed by atoms with Crippen LogP contribution in [0.25, 0.3) is 0 Å². The highest BCUT2D eigenvalue weighted by atomic mass is 35.5. The van der Waals surface area contributed by atoms with E-state index in [-0.39, 0.29) is 18.0 Å². The van der Waals surface area contributed by atoms with E-state index in [1.54, 1.807) is 7.11 Å². The van der Waals surface area contributed by atoms with Crippen molar-refractivity contribution in [2.75, 3.05) is 12.4 Å². The highest BCUT2D eigenvalue weighted by molar-refractivity contribution is 6.30. The fourth-order valence-electron chi connectivity index (χ4n) is 1.85. The van der Waals surface area contributed by atoms with Crippen LogP contribution in [0.5, 0.6) is 5.75 Å². The zero-order valence-corrected chi connectivity index (χ0v) is 12.3. The van der Waals surface area contributed by atoms with Crippen LogP contribution in [0.3, 0.4) is 0 Å². The van der Waals surface area contributed by atoms with Crippen molar-refractivity contribution in [2.45, 2.75) is 12.8 Å². The minimum absolute atomic E-state index is 0.138. The lowest BCUT2D eigenvalue weighted by molar-refractivity contribution is -0.116. The Bertz CT molecular complexity index is 629. The summed E-state index contributed by atoms with van der Waals surface area (Å²) in [5.41, 5.74) is 1.15. The first kappa shape index (κ1) is 15.3. The second kappa shape index (κ2) is 7.09. The maximum atomic E-state index is 13.5. The Morgan fingerprint density at radius 3 is 2.57 bits per heavy atom. The van der Waals surface area contributed by atoms with Crippen LogP contribution in [-0.4, -0.2) is 13.0 Å². The van der Waals surface area contributed by atoms with E-state index in [9.17, 15) is 9.18 Å². The van der Waals surface area contributed by atoms with Crippen LogP contribution in [0.2, 0.25) is 5.02 Å². The molecule has 5 heteroatoms. The number of aryl methyl sites for hydroxylation is 1. The number of rotatable bonds is 5. The van der Waals surface area contributed by atoms with Crippen LogP contribution in [0.4, 0.5) is 10.1 Å². The number of hydrogen-bond acceptors (Lipinski definition) is 2. The molecular formula is C16H15ClFNO2. The highest BCUT2D eigenvalue weighted by Crippen LogP contribution is 2.19. The Morgan fingerprint density at radius 2 is 1.95 bits per heavy atom. The molecule has 0 fully saturated rings. The van der Waals surface area contributed by atoms with Crippen molar-refractivity contribution in [3.8, 4) is 5.75 Å². The summed E-state index contributed by atoms with van der Waals surface area (Å²) in [5.74, 6) is -0.0150. The van der Waals surface area contributed by atoms with Crippen LogP contribution >= 0.6 is 11.6 Å². The van der Waals surface area contributed by atoms with Gasteiger partial charge in [0.1, 0.15) is 11.6 Å². The molecule has 0 atom stereocenters. The highest BCUT2D eigenvalue weighted by Gasteiger charge is 2.08. The van der Waals surface area contributed by atoms with Crippen LogP contribution in [0.1, 0.15) is 12.0 Å². The van der Waals surface area contributed by atoms with E-state index < -0.39 is 5.82 Å². The molecule has 2 aromatic carbocycles. The van der Waals surface area contributed by atoms with Crippen molar-refractivity contribution in [1.82, 2.24) is 0 Å². The van der Waals surface area contributed by atoms with Gasteiger partial charge in [0.05, 0.1) is 12.8 Å². The predicted molar refractivity (Wildman–Crippen MR) is 81.4 cm³/mol. The molecule has 0 radical (unpaired) electrons. The molecule has 110 valence electrons. The second-order valence-electron chi connectivity index (χ2n) is 4.52. The van der Waals surface area contributed by atoms with Gasteiger partial charge in [0, 0.05) is 11.4 Å². The largest absolute Gasteiger partial charge is 0.497 e. The van der Waals surface area contributed by atoms with Gasteiger partial charge < -0.3 is 10.1 Å². The SMILES string of the molecule is COc1ccc(CCC(=O)Nc2ccc(Cl)cc2F)cc1. The van der Waals surface area contributed by atoms with Crippen molar-refractivity contribution in [3.05, 3.63) is 58.9 Å². The van der Waals surface area contributed by atoms with Gasteiger partial charge in [-0.3, -0.25) is 4.79 Å². The number of carbonyl (C=O) groups excluding carboxylic acids is 1. The molecular weight excluding hydrogens is 293 g/mol. The van der Waals surface area contributed by atoms with Crippen LogP contribution < -0.4 is 10.1 Å². The van der Waals surface area contributed by atoms with Crippen LogP contribution in [0.15, 0.2) is 42.5 Å². The minimum Gasteiger partial charge on any atom is -0.497 e. The van der Waals surface area contributed by atoms with Crippen LogP contribution in [0, 0.1) is 5.82 Å². The normalized spacial score (nSPS) is 10.2. The van der Waals surface area contributed by atoms with Crippen molar-refractivity contribution in [2.24, 2.45) is 0 Å². The van der Waals surface area contributed by atoms with E-state index in [1.807, 2.05) is 24.3 Å². The molecule has 0 aliphatic rings. The molecule has 0 saturated heterocycles. The van der Waals surface area contributed by atoms with Gasteiger partial charge in [-0.05, 0) is 42.3 Å². The van der Waals surface area contributed by atoms with Crippen molar-refractivity contribution < 1.29 is 13.9 Å². The number of methoxy groups -OCH3 is 1. The first-order valence-electron chi connectivity index (χ1n) is 6.46. The summed E-state index contributed by atoms with van der Waals surface area (Å²) in [4.78, 5) is 11.8. The summed E-state index contributed by atoms with van der Waals surface area (Å²) in [6.45, 7) is 0. The van der Waals surface area contributed by atoms with Gasteiger partial charge in [-0.1, -0.05) is 23.7 Å². The third kappa shape index (κ3) is 4.46. The molecule has 3 nitrogen and oxygen atoms in total. The molecule has 0 aliphatic heterocycles. The average molecular weight is 308 g/mol. The number of halogens is 2. The predicted octanol–water partition coefficient (Wildman–Crippen LogP) is 4.06. The molecule has 21 heavy (non-hydrogen) atoms. The number of amides is 1. The zero-order valence-electron chi connectivity index (χ0n) is 11.5. The van der Waals surface area contributed by atoms with E-state index in [1.165, 1.54) is 18.2 Å². The molecule has 0 aliphatic carbocycles. The van der Waals surface area contributed by atoms with Gasteiger partial charge in [0.25, 0.3) is 0 Å². The first-order valence-corrected chi connectivity index (χ1v) is 6.84. The Hall–Kier alpha value is -2.07. The van der Waals surface area contributed by atoms with Gasteiger partial charge in [0.15, 0.2) is 0 Å². The number of ether oxygens (including phenoxy) is 1. The Balaban J connectivity index is 1.89. The molecule has 1 N–H and O–H groups in total.